The van der Waals surface area contributed by atoms with Gasteiger partial charge in [0.1, 0.15) is 28.7 Å². The van der Waals surface area contributed by atoms with Gasteiger partial charge in [0.05, 0.1) is 28.4 Å². The van der Waals surface area contributed by atoms with Crippen molar-refractivity contribution >= 4 is 70.3 Å². The van der Waals surface area contributed by atoms with E-state index in [0.29, 0.717) is 17.1 Å². The summed E-state index contributed by atoms with van der Waals surface area (Å²) in [6.07, 6.45) is 8.42. The Kier molecular flexibility index (Phi) is 35.1. The van der Waals surface area contributed by atoms with Crippen molar-refractivity contribution in [2.24, 2.45) is 25.0 Å². The van der Waals surface area contributed by atoms with E-state index in [1.807, 2.05) is 293 Å². The maximum absolute atomic E-state index is 10.4. The molecule has 15 heteroatoms. The smallest absolute Gasteiger partial charge is 0.132 e. The van der Waals surface area contributed by atoms with Crippen LogP contribution in [0.1, 0.15) is 38.9 Å². The van der Waals surface area contributed by atoms with Gasteiger partial charge in [0.15, 0.2) is 0 Å². The molecule has 92 heavy (non-hydrogen) atoms. The number of aryl methyl sites for hydroxylation is 2. The Morgan fingerprint density at radius 1 is 0.250 bits per heavy atom. The number of benzene rings is 12. The number of phenolic OH excluding ortho intramolecular Hbond substituents is 5. The molecule has 0 fully saturated rings. The molecule has 0 bridgehead atoms. The van der Waals surface area contributed by atoms with Gasteiger partial charge in [-0.2, -0.15) is 0 Å². The van der Waals surface area contributed by atoms with Crippen LogP contribution in [-0.2, 0) is 83.9 Å². The first-order chi connectivity index (χ1) is 42.6. The number of nitrogens with zero attached hydrogens (tertiary/aromatic N) is 5. The number of aromatic hydroxyl groups is 5. The minimum absolute atomic E-state index is 0. The van der Waals surface area contributed by atoms with Gasteiger partial charge >= 0.3 is 0 Å². The molecule has 0 spiro atoms. The monoisotopic (exact) mass is 1430 g/mol. The Bertz CT molecular complexity index is 4150. The summed E-state index contributed by atoms with van der Waals surface area (Å²) >= 11 is 0. The van der Waals surface area contributed by atoms with Crippen molar-refractivity contribution in [3.8, 4) is 39.9 Å². The van der Waals surface area contributed by atoms with Crippen molar-refractivity contribution < 1.29 is 109 Å². The summed E-state index contributed by atoms with van der Waals surface area (Å²) in [7, 11) is 0. The average molecular weight is 1440 g/mol. The van der Waals surface area contributed by atoms with Gasteiger partial charge in [-0.05, 0) is 138 Å². The maximum Gasteiger partial charge on any atom is 0.132 e. The van der Waals surface area contributed by atoms with E-state index in [0.717, 1.165) is 83.7 Å². The van der Waals surface area contributed by atoms with E-state index in [1.165, 1.54) is 0 Å². The van der Waals surface area contributed by atoms with Gasteiger partial charge in [0.25, 0.3) is 0 Å². The second-order valence-electron chi connectivity index (χ2n) is 19.4. The SMILES string of the molecule is Cc1cccc(C=Nc2ccccc2)c1O.Cc1cccc(C=Nc2ccccc2)c1O.Oc1c(C=Nc2ccccc2)cccc1-c1ccccc1.Oc1ccc2ccccc2c1C=Nc1ccccc1.Oc1ccccc1C=Nc1ccccc1.[Co].[Co].[Co].[Co].[Co]. The fourth-order valence-electron chi connectivity index (χ4n) is 8.39. The largest absolute Gasteiger partial charge is 0.507 e. The van der Waals surface area contributed by atoms with Crippen LogP contribution in [-0.4, -0.2) is 56.6 Å². The summed E-state index contributed by atoms with van der Waals surface area (Å²) in [5, 5.41) is 51.6. The third-order valence-corrected chi connectivity index (χ3v) is 13.1. The van der Waals surface area contributed by atoms with Crippen molar-refractivity contribution in [1.29, 1.82) is 0 Å². The third-order valence-electron chi connectivity index (χ3n) is 13.1. The van der Waals surface area contributed by atoms with E-state index >= 15 is 0 Å². The Morgan fingerprint density at radius 2 is 0.565 bits per heavy atom. The van der Waals surface area contributed by atoms with Crippen LogP contribution in [0.15, 0.2) is 322 Å². The van der Waals surface area contributed by atoms with E-state index in [9.17, 15) is 25.5 Å². The van der Waals surface area contributed by atoms with E-state index in [1.54, 1.807) is 49.3 Å². The normalized spacial score (nSPS) is 10.3. The van der Waals surface area contributed by atoms with Crippen molar-refractivity contribution in [2.45, 2.75) is 13.8 Å². The summed E-state index contributed by atoms with van der Waals surface area (Å²) in [6.45, 7) is 3.74. The second-order valence-corrected chi connectivity index (χ2v) is 19.4. The Balaban J connectivity index is 0.000000298. The van der Waals surface area contributed by atoms with Gasteiger partial charge in [0.2, 0.25) is 0 Å². The Morgan fingerprint density at radius 3 is 0.978 bits per heavy atom. The molecule has 0 aromatic heterocycles. The molecule has 10 nitrogen and oxygen atoms in total. The number of para-hydroxylation sites is 9. The van der Waals surface area contributed by atoms with Gasteiger partial charge < -0.3 is 25.5 Å². The van der Waals surface area contributed by atoms with Crippen LogP contribution in [0.25, 0.3) is 21.9 Å². The average Bonchev–Trinajstić information content (AvgIpc) is 0.985. The third kappa shape index (κ3) is 24.5. The zero-order valence-electron chi connectivity index (χ0n) is 49.8. The minimum atomic E-state index is 0. The Labute approximate surface area is 589 Å². The van der Waals surface area contributed by atoms with Crippen LogP contribution in [0.5, 0.6) is 28.7 Å². The van der Waals surface area contributed by atoms with Crippen LogP contribution in [0.2, 0.25) is 0 Å². The number of aliphatic imine (C=N–C) groups is 5. The van der Waals surface area contributed by atoms with E-state index in [4.69, 9.17) is 0 Å². The molecule has 0 saturated carbocycles. The zero-order chi connectivity index (χ0) is 60.8. The van der Waals surface area contributed by atoms with Crippen molar-refractivity contribution in [2.75, 3.05) is 0 Å². The van der Waals surface area contributed by atoms with Gasteiger partial charge in [-0.3, -0.25) is 25.0 Å². The quantitative estimate of drug-likeness (QED) is 0.0813. The summed E-state index contributed by atoms with van der Waals surface area (Å²) in [5.74, 6) is 1.34. The van der Waals surface area contributed by atoms with E-state index in [-0.39, 0.29) is 101 Å². The van der Waals surface area contributed by atoms with Crippen molar-refractivity contribution in [3.05, 3.63) is 336 Å². The molecule has 0 aliphatic heterocycles. The number of phenols is 5. The fraction of sp³-hybridized carbons (Fsp3) is 0.0260. The number of hydrogen-bond acceptors (Lipinski definition) is 10. The second kappa shape index (κ2) is 42.0. The molecule has 0 aliphatic carbocycles. The number of fused-ring (bicyclic) bond motifs is 1. The maximum atomic E-state index is 10.4. The van der Waals surface area contributed by atoms with Gasteiger partial charge in [-0.15, -0.1) is 0 Å². The van der Waals surface area contributed by atoms with Crippen molar-refractivity contribution in [3.63, 3.8) is 0 Å². The molecule has 0 heterocycles. The molecule has 12 rings (SSSR count). The van der Waals surface area contributed by atoms with Crippen LogP contribution in [0.3, 0.4) is 0 Å². The summed E-state index contributed by atoms with van der Waals surface area (Å²) in [5.41, 5.74) is 11.5. The van der Waals surface area contributed by atoms with Gasteiger partial charge in [-0.1, -0.05) is 200 Å². The molecule has 5 radical (unpaired) electrons. The molecular formula is C77H65Co5N5O5. The van der Waals surface area contributed by atoms with Gasteiger partial charge in [0, 0.05) is 148 Å². The zero-order valence-corrected chi connectivity index (χ0v) is 55.0. The standard InChI is InChI=1S/C19H15NO.C17H13NO.2C14H13NO.C13H11NO.5Co/c21-19-16(14-20-17-11-5-2-6-12-17)10-7-13-18(19)15-8-3-1-4-9-15;19-17-11-10-13-6-4-5-9-15(13)16(17)12-18-14-7-2-1-3-8-14;2*1-11-6-5-7-12(14(11)16)10-15-13-8-3-2-4-9-13;15-13-9-5-4-6-11(13)10-14-12-7-2-1-3-8-12;;;;;/h1-14,21H;1-12,19H;2*2-10,16H,1H3;1-10,15H;;;;;. The molecule has 12 aromatic rings. The minimum Gasteiger partial charge on any atom is -0.507 e. The molecule has 473 valence electrons. The molecule has 0 unspecified atom stereocenters. The topological polar surface area (TPSA) is 163 Å². The number of rotatable bonds is 11. The first kappa shape index (κ1) is 77.0. The molecule has 0 aliphatic rings. The molecular weight excluding hydrogens is 1370 g/mol. The first-order valence-electron chi connectivity index (χ1n) is 28.0. The van der Waals surface area contributed by atoms with Crippen LogP contribution in [0, 0.1) is 13.8 Å². The summed E-state index contributed by atoms with van der Waals surface area (Å²) in [4.78, 5) is 21.6. The number of hydrogen-bond donors (Lipinski definition) is 5. The molecule has 0 atom stereocenters. The molecule has 0 saturated heterocycles. The van der Waals surface area contributed by atoms with Crippen LogP contribution in [0.4, 0.5) is 28.4 Å². The van der Waals surface area contributed by atoms with Crippen LogP contribution >= 0.6 is 0 Å². The predicted molar refractivity (Wildman–Crippen MR) is 361 cm³/mol. The van der Waals surface area contributed by atoms with E-state index in [2.05, 4.69) is 25.0 Å². The predicted octanol–water partition coefficient (Wildman–Crippen LogP) is 19.1. The Hall–Kier alpha value is -9.22. The molecule has 0 amide bonds. The van der Waals surface area contributed by atoms with Gasteiger partial charge in [-0.25, -0.2) is 0 Å². The summed E-state index contributed by atoms with van der Waals surface area (Å²) in [6, 6.07) is 93.7. The molecule has 5 N–H and O–H groups in total. The molecule has 12 aromatic carbocycles. The first-order valence-corrected chi connectivity index (χ1v) is 28.0. The van der Waals surface area contributed by atoms with Crippen LogP contribution < -0.4 is 0 Å². The fourth-order valence-corrected chi connectivity index (χ4v) is 8.39. The summed E-state index contributed by atoms with van der Waals surface area (Å²) < 4.78 is 0. The van der Waals surface area contributed by atoms with Crippen molar-refractivity contribution in [1.82, 2.24) is 0 Å². The van der Waals surface area contributed by atoms with E-state index < -0.39 is 0 Å².